The molecule has 17 heavy (non-hydrogen) atoms. The molecular weight excluding hydrogens is 232 g/mol. The molecule has 1 aliphatic heterocycles. The van der Waals surface area contributed by atoms with Crippen molar-refractivity contribution >= 4 is 23.3 Å². The maximum absolute atomic E-state index is 5.39. The zero-order chi connectivity index (χ0) is 12.3. The van der Waals surface area contributed by atoms with Crippen molar-refractivity contribution in [2.24, 2.45) is 5.84 Å². The van der Waals surface area contributed by atoms with Gasteiger partial charge in [-0.1, -0.05) is 13.8 Å². The van der Waals surface area contributed by atoms with Crippen molar-refractivity contribution in [1.29, 1.82) is 0 Å². The Hall–Kier alpha value is -0.940. The summed E-state index contributed by atoms with van der Waals surface area (Å²) in [7, 11) is 0. The van der Waals surface area contributed by atoms with Crippen molar-refractivity contribution in [3.05, 3.63) is 18.3 Å². The third-order valence-corrected chi connectivity index (χ3v) is 4.47. The Morgan fingerprint density at radius 2 is 2.29 bits per heavy atom. The number of nitrogens with zero attached hydrogens (tertiary/aromatic N) is 2. The molecule has 1 aromatic rings. The summed E-state index contributed by atoms with van der Waals surface area (Å²) in [6.07, 6.45) is 3.00. The van der Waals surface area contributed by atoms with Crippen LogP contribution in [0.25, 0.3) is 0 Å². The summed E-state index contributed by atoms with van der Waals surface area (Å²) in [5.74, 6) is 7.28. The second-order valence-corrected chi connectivity index (χ2v) is 6.69. The van der Waals surface area contributed by atoms with Crippen LogP contribution >= 0.6 is 11.8 Å². The minimum Gasteiger partial charge on any atom is -0.371 e. The lowest BCUT2D eigenvalue weighted by atomic mass is 10.1. The molecule has 94 valence electrons. The van der Waals surface area contributed by atoms with Crippen LogP contribution in [0, 0.1) is 0 Å². The lowest BCUT2D eigenvalue weighted by Crippen LogP contribution is -2.27. The number of pyridine rings is 1. The van der Waals surface area contributed by atoms with Crippen molar-refractivity contribution < 1.29 is 0 Å². The van der Waals surface area contributed by atoms with Crippen LogP contribution in [0.5, 0.6) is 0 Å². The number of hydrazine groups is 1. The van der Waals surface area contributed by atoms with Crippen LogP contribution in [0.15, 0.2) is 18.3 Å². The van der Waals surface area contributed by atoms with Gasteiger partial charge in [-0.15, -0.1) is 0 Å². The highest BCUT2D eigenvalue weighted by Crippen LogP contribution is 2.32. The van der Waals surface area contributed by atoms with E-state index in [1.165, 1.54) is 17.9 Å². The van der Waals surface area contributed by atoms with Crippen molar-refractivity contribution in [3.8, 4) is 0 Å². The molecule has 4 nitrogen and oxygen atoms in total. The highest BCUT2D eigenvalue weighted by atomic mass is 32.2. The monoisotopic (exact) mass is 252 g/mol. The summed E-state index contributed by atoms with van der Waals surface area (Å²) in [6.45, 7) is 6.82. The third-order valence-electron chi connectivity index (χ3n) is 3.09. The van der Waals surface area contributed by atoms with Gasteiger partial charge in [0.2, 0.25) is 0 Å². The molecule has 0 saturated carbocycles. The van der Waals surface area contributed by atoms with E-state index >= 15 is 0 Å². The van der Waals surface area contributed by atoms with Gasteiger partial charge in [-0.2, -0.15) is 11.8 Å². The normalized spacial score (nSPS) is 19.8. The van der Waals surface area contributed by atoms with Crippen LogP contribution in [0.1, 0.15) is 20.3 Å². The van der Waals surface area contributed by atoms with Crippen LogP contribution < -0.4 is 16.2 Å². The standard InChI is InChI=1S/C12H20N4S/c1-12(2)4-6-16(7-8-17-12)10-3-5-14-11(9-10)15-13/h3,5,9H,4,6-8,13H2,1-2H3,(H,14,15). The molecule has 0 aliphatic carbocycles. The van der Waals surface area contributed by atoms with E-state index in [0.717, 1.165) is 18.9 Å². The maximum atomic E-state index is 5.39. The summed E-state index contributed by atoms with van der Waals surface area (Å²) in [6, 6.07) is 4.05. The highest BCUT2D eigenvalue weighted by molar-refractivity contribution is 8.00. The predicted octanol–water partition coefficient (Wildman–Crippen LogP) is 2.09. The zero-order valence-electron chi connectivity index (χ0n) is 10.4. The number of nitrogens with two attached hydrogens (primary N) is 1. The molecule has 5 heteroatoms. The van der Waals surface area contributed by atoms with E-state index in [2.05, 4.69) is 40.9 Å². The van der Waals surface area contributed by atoms with E-state index < -0.39 is 0 Å². The second-order valence-electron chi connectivity index (χ2n) is 4.89. The molecule has 0 amide bonds. The Labute approximate surface area is 107 Å². The van der Waals surface area contributed by atoms with Gasteiger partial charge in [-0.05, 0) is 12.5 Å². The Balaban J connectivity index is 2.11. The van der Waals surface area contributed by atoms with Crippen LogP contribution in [0.3, 0.4) is 0 Å². The molecule has 0 bridgehead atoms. The number of anilines is 2. The molecule has 0 atom stereocenters. The molecule has 1 aromatic heterocycles. The lowest BCUT2D eigenvalue weighted by Gasteiger charge is -2.24. The average Bonchev–Trinajstić information content (AvgIpc) is 2.50. The first-order valence-electron chi connectivity index (χ1n) is 5.92. The minimum absolute atomic E-state index is 0.386. The first-order valence-corrected chi connectivity index (χ1v) is 6.91. The quantitative estimate of drug-likeness (QED) is 0.623. The van der Waals surface area contributed by atoms with Gasteiger partial charge in [0.15, 0.2) is 0 Å². The number of nitrogen functional groups attached to an aromatic ring is 1. The molecule has 0 spiro atoms. The summed E-state index contributed by atoms with van der Waals surface area (Å²) in [5, 5.41) is 0. The molecule has 0 radical (unpaired) electrons. The van der Waals surface area contributed by atoms with Crippen LogP contribution in [-0.2, 0) is 0 Å². The Morgan fingerprint density at radius 3 is 3.06 bits per heavy atom. The van der Waals surface area contributed by atoms with Gasteiger partial charge >= 0.3 is 0 Å². The molecule has 0 aromatic carbocycles. The first kappa shape index (κ1) is 12.5. The maximum Gasteiger partial charge on any atom is 0.141 e. The van der Waals surface area contributed by atoms with Crippen molar-refractivity contribution in [3.63, 3.8) is 0 Å². The Bertz CT molecular complexity index is 381. The third kappa shape index (κ3) is 3.26. The van der Waals surface area contributed by atoms with Crippen molar-refractivity contribution in [1.82, 2.24) is 4.98 Å². The van der Waals surface area contributed by atoms with Gasteiger partial charge < -0.3 is 10.3 Å². The van der Waals surface area contributed by atoms with E-state index in [0.29, 0.717) is 4.75 Å². The summed E-state index contributed by atoms with van der Waals surface area (Å²) < 4.78 is 0.386. The van der Waals surface area contributed by atoms with Crippen LogP contribution in [0.4, 0.5) is 11.5 Å². The number of hydrogen-bond acceptors (Lipinski definition) is 5. The number of nitrogens with one attached hydrogen (secondary N) is 1. The molecule has 1 saturated heterocycles. The van der Waals surface area contributed by atoms with Crippen molar-refractivity contribution in [2.75, 3.05) is 29.2 Å². The van der Waals surface area contributed by atoms with Gasteiger partial charge in [-0.25, -0.2) is 10.8 Å². The Kier molecular flexibility index (Phi) is 3.79. The fourth-order valence-electron chi connectivity index (χ4n) is 1.97. The van der Waals surface area contributed by atoms with E-state index in [1.54, 1.807) is 6.20 Å². The lowest BCUT2D eigenvalue weighted by molar-refractivity contribution is 0.637. The van der Waals surface area contributed by atoms with E-state index in [9.17, 15) is 0 Å². The predicted molar refractivity (Wildman–Crippen MR) is 75.4 cm³/mol. The van der Waals surface area contributed by atoms with Crippen molar-refractivity contribution in [2.45, 2.75) is 25.0 Å². The van der Waals surface area contributed by atoms with Crippen LogP contribution in [-0.4, -0.2) is 28.6 Å². The van der Waals surface area contributed by atoms with Gasteiger partial charge in [0.1, 0.15) is 5.82 Å². The van der Waals surface area contributed by atoms with E-state index in [-0.39, 0.29) is 0 Å². The van der Waals surface area contributed by atoms with Crippen LogP contribution in [0.2, 0.25) is 0 Å². The summed E-state index contributed by atoms with van der Waals surface area (Å²) in [5.41, 5.74) is 3.80. The molecule has 3 N–H and O–H groups in total. The Morgan fingerprint density at radius 1 is 1.47 bits per heavy atom. The van der Waals surface area contributed by atoms with E-state index in [1.807, 2.05) is 12.1 Å². The smallest absolute Gasteiger partial charge is 0.141 e. The average molecular weight is 252 g/mol. The fraction of sp³-hybridized carbons (Fsp3) is 0.583. The second kappa shape index (κ2) is 5.14. The van der Waals surface area contributed by atoms with Gasteiger partial charge in [0.05, 0.1) is 0 Å². The van der Waals surface area contributed by atoms with E-state index in [4.69, 9.17) is 5.84 Å². The molecule has 1 aliphatic rings. The number of rotatable bonds is 2. The number of aromatic nitrogens is 1. The summed E-state index contributed by atoms with van der Waals surface area (Å²) >= 11 is 2.05. The van der Waals surface area contributed by atoms with Gasteiger partial charge in [-0.3, -0.25) is 0 Å². The fourth-order valence-corrected chi connectivity index (χ4v) is 3.07. The first-order chi connectivity index (χ1) is 8.11. The SMILES string of the molecule is CC1(C)CCN(c2ccnc(NN)c2)CCS1. The molecular formula is C12H20N4S. The minimum atomic E-state index is 0.386. The summed E-state index contributed by atoms with van der Waals surface area (Å²) in [4.78, 5) is 6.54. The molecule has 0 unspecified atom stereocenters. The molecule has 1 fully saturated rings. The molecule has 2 rings (SSSR count). The van der Waals surface area contributed by atoms with Gasteiger partial charge in [0.25, 0.3) is 0 Å². The highest BCUT2D eigenvalue weighted by Gasteiger charge is 2.23. The molecule has 2 heterocycles. The zero-order valence-corrected chi connectivity index (χ0v) is 11.3. The topological polar surface area (TPSA) is 54.2 Å². The number of thioether (sulfide) groups is 1. The van der Waals surface area contributed by atoms with Gasteiger partial charge in [0, 0.05) is 41.5 Å². The number of hydrogen-bond donors (Lipinski definition) is 2. The largest absolute Gasteiger partial charge is 0.371 e.